The number of amides is 1. The number of ether oxygens (including phenoxy) is 1. The van der Waals surface area contributed by atoms with Gasteiger partial charge in [-0.15, -0.1) is 0 Å². The highest BCUT2D eigenvalue weighted by Crippen LogP contribution is 2.32. The number of benzene rings is 1. The molecule has 0 atom stereocenters. The molecule has 0 saturated heterocycles. The van der Waals surface area contributed by atoms with Crippen molar-refractivity contribution in [1.29, 1.82) is 0 Å². The lowest BCUT2D eigenvalue weighted by Crippen LogP contribution is -2.21. The average molecular weight is 247 g/mol. The van der Waals surface area contributed by atoms with Gasteiger partial charge in [-0.1, -0.05) is 26.8 Å². The number of nitrogens with one attached hydrogen (secondary N) is 1. The van der Waals surface area contributed by atoms with E-state index in [9.17, 15) is 4.79 Å². The van der Waals surface area contributed by atoms with Crippen molar-refractivity contribution in [3.63, 3.8) is 0 Å². The molecule has 0 unspecified atom stereocenters. The Balaban J connectivity index is 2.37. The first-order valence-electron chi connectivity index (χ1n) is 6.45. The van der Waals surface area contributed by atoms with Crippen molar-refractivity contribution < 1.29 is 9.53 Å². The summed E-state index contributed by atoms with van der Waals surface area (Å²) in [5.41, 5.74) is 1.81. The zero-order valence-electron chi connectivity index (χ0n) is 11.5. The number of hydrogen-bond donors (Lipinski definition) is 1. The SMILES string of the molecule is CNC(=O)c1cc(C(C)(C)C)ccc1OC1CC1. The largest absolute Gasteiger partial charge is 0.490 e. The zero-order valence-corrected chi connectivity index (χ0v) is 11.5. The Kier molecular flexibility index (Phi) is 3.33. The van der Waals surface area contributed by atoms with Gasteiger partial charge in [-0.05, 0) is 36.0 Å². The van der Waals surface area contributed by atoms with Crippen LogP contribution in [0.25, 0.3) is 0 Å². The van der Waals surface area contributed by atoms with Crippen LogP contribution in [0.1, 0.15) is 49.5 Å². The summed E-state index contributed by atoms with van der Waals surface area (Å²) < 4.78 is 5.79. The van der Waals surface area contributed by atoms with Crippen LogP contribution in [0.4, 0.5) is 0 Å². The average Bonchev–Trinajstić information content (AvgIpc) is 3.11. The van der Waals surface area contributed by atoms with E-state index in [0.29, 0.717) is 17.4 Å². The summed E-state index contributed by atoms with van der Waals surface area (Å²) in [7, 11) is 1.65. The van der Waals surface area contributed by atoms with E-state index in [4.69, 9.17) is 4.74 Å². The van der Waals surface area contributed by atoms with E-state index in [1.807, 2.05) is 18.2 Å². The van der Waals surface area contributed by atoms with Gasteiger partial charge in [-0.3, -0.25) is 4.79 Å². The minimum atomic E-state index is -0.0863. The lowest BCUT2D eigenvalue weighted by molar-refractivity contribution is 0.0958. The summed E-state index contributed by atoms with van der Waals surface area (Å²) >= 11 is 0. The van der Waals surface area contributed by atoms with Gasteiger partial charge in [0.05, 0.1) is 11.7 Å². The highest BCUT2D eigenvalue weighted by atomic mass is 16.5. The van der Waals surface area contributed by atoms with Gasteiger partial charge < -0.3 is 10.1 Å². The lowest BCUT2D eigenvalue weighted by Gasteiger charge is -2.21. The molecule has 1 N–H and O–H groups in total. The first-order chi connectivity index (χ1) is 8.41. The molecule has 0 heterocycles. The van der Waals surface area contributed by atoms with E-state index >= 15 is 0 Å². The Hall–Kier alpha value is -1.51. The third-order valence-corrected chi connectivity index (χ3v) is 3.14. The van der Waals surface area contributed by atoms with Crippen LogP contribution in [0.15, 0.2) is 18.2 Å². The molecule has 1 aliphatic rings. The van der Waals surface area contributed by atoms with Gasteiger partial charge in [0.2, 0.25) is 0 Å². The van der Waals surface area contributed by atoms with Crippen molar-refractivity contribution in [3.05, 3.63) is 29.3 Å². The second kappa shape index (κ2) is 4.63. The molecule has 1 aromatic rings. The molecule has 0 aliphatic heterocycles. The van der Waals surface area contributed by atoms with Gasteiger partial charge in [0, 0.05) is 7.05 Å². The van der Waals surface area contributed by atoms with E-state index in [-0.39, 0.29) is 11.3 Å². The molecule has 18 heavy (non-hydrogen) atoms. The minimum Gasteiger partial charge on any atom is -0.490 e. The molecule has 1 amide bonds. The van der Waals surface area contributed by atoms with Crippen LogP contribution in [0.5, 0.6) is 5.75 Å². The first-order valence-corrected chi connectivity index (χ1v) is 6.45. The third-order valence-electron chi connectivity index (χ3n) is 3.14. The maximum Gasteiger partial charge on any atom is 0.254 e. The molecule has 0 aromatic heterocycles. The summed E-state index contributed by atoms with van der Waals surface area (Å²) in [6, 6.07) is 5.91. The first kappa shape index (κ1) is 12.9. The van der Waals surface area contributed by atoms with Crippen LogP contribution in [0.3, 0.4) is 0 Å². The Morgan fingerprint density at radius 3 is 2.50 bits per heavy atom. The van der Waals surface area contributed by atoms with Crippen molar-refractivity contribution in [3.8, 4) is 5.75 Å². The summed E-state index contributed by atoms with van der Waals surface area (Å²) in [4.78, 5) is 11.9. The molecule has 1 saturated carbocycles. The predicted molar refractivity (Wildman–Crippen MR) is 72.2 cm³/mol. The van der Waals surface area contributed by atoms with Crippen molar-refractivity contribution in [2.24, 2.45) is 0 Å². The van der Waals surface area contributed by atoms with E-state index < -0.39 is 0 Å². The highest BCUT2D eigenvalue weighted by molar-refractivity contribution is 5.97. The molecule has 1 aliphatic carbocycles. The molecule has 2 rings (SSSR count). The molecular formula is C15H21NO2. The second-order valence-corrected chi connectivity index (χ2v) is 5.86. The van der Waals surface area contributed by atoms with E-state index in [1.54, 1.807) is 7.05 Å². The molecule has 3 heteroatoms. The summed E-state index contributed by atoms with van der Waals surface area (Å²) in [6.45, 7) is 6.41. The van der Waals surface area contributed by atoms with Gasteiger partial charge >= 0.3 is 0 Å². The normalized spacial score (nSPS) is 15.3. The van der Waals surface area contributed by atoms with Crippen molar-refractivity contribution in [2.45, 2.75) is 45.1 Å². The molecular weight excluding hydrogens is 226 g/mol. The van der Waals surface area contributed by atoms with Gasteiger partial charge in [0.15, 0.2) is 0 Å². The van der Waals surface area contributed by atoms with Crippen LogP contribution in [0, 0.1) is 0 Å². The maximum atomic E-state index is 11.9. The molecule has 1 aromatic carbocycles. The summed E-state index contributed by atoms with van der Waals surface area (Å²) in [6.07, 6.45) is 2.48. The van der Waals surface area contributed by atoms with Crippen LogP contribution in [-0.2, 0) is 5.41 Å². The molecule has 3 nitrogen and oxygen atoms in total. The van der Waals surface area contributed by atoms with Crippen molar-refractivity contribution >= 4 is 5.91 Å². The topological polar surface area (TPSA) is 38.3 Å². The zero-order chi connectivity index (χ0) is 13.3. The van der Waals surface area contributed by atoms with Crippen LogP contribution in [-0.4, -0.2) is 19.1 Å². The smallest absolute Gasteiger partial charge is 0.254 e. The van der Waals surface area contributed by atoms with Gasteiger partial charge in [-0.25, -0.2) is 0 Å². The van der Waals surface area contributed by atoms with Gasteiger partial charge in [-0.2, -0.15) is 0 Å². The van der Waals surface area contributed by atoms with Crippen LogP contribution >= 0.6 is 0 Å². The Morgan fingerprint density at radius 1 is 1.33 bits per heavy atom. The minimum absolute atomic E-state index is 0.0287. The highest BCUT2D eigenvalue weighted by Gasteiger charge is 2.26. The standard InChI is InChI=1S/C15H21NO2/c1-15(2,3)10-5-8-13(18-11-6-7-11)12(9-10)14(17)16-4/h5,8-9,11H,6-7H2,1-4H3,(H,16,17). The summed E-state index contributed by atoms with van der Waals surface area (Å²) in [5.74, 6) is 0.613. The summed E-state index contributed by atoms with van der Waals surface area (Å²) in [5, 5.41) is 2.68. The van der Waals surface area contributed by atoms with E-state index in [0.717, 1.165) is 18.4 Å². The fraction of sp³-hybridized carbons (Fsp3) is 0.533. The second-order valence-electron chi connectivity index (χ2n) is 5.86. The van der Waals surface area contributed by atoms with Crippen molar-refractivity contribution in [1.82, 2.24) is 5.32 Å². The van der Waals surface area contributed by atoms with Gasteiger partial charge in [0.25, 0.3) is 5.91 Å². The Labute approximate surface area is 109 Å². The quantitative estimate of drug-likeness (QED) is 0.892. The molecule has 1 fully saturated rings. The van der Waals surface area contributed by atoms with Crippen LogP contribution in [0.2, 0.25) is 0 Å². The number of hydrogen-bond acceptors (Lipinski definition) is 2. The fourth-order valence-corrected chi connectivity index (χ4v) is 1.78. The Bertz CT molecular complexity index is 456. The number of rotatable bonds is 3. The number of carbonyl (C=O) groups excluding carboxylic acids is 1. The van der Waals surface area contributed by atoms with E-state index in [2.05, 4.69) is 26.1 Å². The monoisotopic (exact) mass is 247 g/mol. The third kappa shape index (κ3) is 2.84. The number of carbonyl (C=O) groups is 1. The lowest BCUT2D eigenvalue weighted by atomic mass is 9.86. The predicted octanol–water partition coefficient (Wildman–Crippen LogP) is 2.88. The van der Waals surface area contributed by atoms with Crippen LogP contribution < -0.4 is 10.1 Å². The van der Waals surface area contributed by atoms with Crippen molar-refractivity contribution in [2.75, 3.05) is 7.05 Å². The van der Waals surface area contributed by atoms with E-state index in [1.165, 1.54) is 0 Å². The Morgan fingerprint density at radius 2 is 2.00 bits per heavy atom. The fourth-order valence-electron chi connectivity index (χ4n) is 1.78. The van der Waals surface area contributed by atoms with Gasteiger partial charge in [0.1, 0.15) is 5.75 Å². The molecule has 0 radical (unpaired) electrons. The maximum absolute atomic E-state index is 11.9. The molecule has 0 spiro atoms. The molecule has 0 bridgehead atoms. The molecule has 98 valence electrons.